The van der Waals surface area contributed by atoms with Crippen molar-refractivity contribution in [1.82, 2.24) is 15.4 Å². The highest BCUT2D eigenvalue weighted by Crippen LogP contribution is 2.26. The molecule has 0 bridgehead atoms. The number of hydrazine groups is 1. The van der Waals surface area contributed by atoms with E-state index in [1.807, 2.05) is 18.2 Å². The maximum Gasteiger partial charge on any atom is 0.237 e. The van der Waals surface area contributed by atoms with Gasteiger partial charge in [-0.2, -0.15) is 0 Å². The SMILES string of the molecule is COc1nccnc1C(CSc1ccccc1)NN. The second-order valence-corrected chi connectivity index (χ2v) is 4.89. The van der Waals surface area contributed by atoms with Crippen LogP contribution in [0.3, 0.4) is 0 Å². The molecule has 100 valence electrons. The van der Waals surface area contributed by atoms with Gasteiger partial charge in [-0.15, -0.1) is 11.8 Å². The number of benzene rings is 1. The summed E-state index contributed by atoms with van der Waals surface area (Å²) in [5.74, 6) is 6.85. The monoisotopic (exact) mass is 276 g/mol. The maximum atomic E-state index is 5.61. The number of methoxy groups -OCH3 is 1. The number of nitrogens with two attached hydrogens (primary N) is 1. The number of ether oxygens (including phenoxy) is 1. The lowest BCUT2D eigenvalue weighted by atomic mass is 10.2. The fraction of sp³-hybridized carbons (Fsp3) is 0.231. The third-order valence-electron chi connectivity index (χ3n) is 2.58. The highest BCUT2D eigenvalue weighted by Gasteiger charge is 2.17. The van der Waals surface area contributed by atoms with E-state index in [9.17, 15) is 0 Å². The maximum absolute atomic E-state index is 5.61. The number of hydrogen-bond acceptors (Lipinski definition) is 6. The van der Waals surface area contributed by atoms with Gasteiger partial charge < -0.3 is 4.74 Å². The molecule has 0 saturated heterocycles. The van der Waals surface area contributed by atoms with Gasteiger partial charge in [0.2, 0.25) is 5.88 Å². The van der Waals surface area contributed by atoms with Crippen molar-refractivity contribution in [2.75, 3.05) is 12.9 Å². The zero-order valence-corrected chi connectivity index (χ0v) is 11.4. The van der Waals surface area contributed by atoms with Crippen LogP contribution in [0.2, 0.25) is 0 Å². The van der Waals surface area contributed by atoms with Crippen molar-refractivity contribution in [3.05, 3.63) is 48.4 Å². The molecule has 2 rings (SSSR count). The molecule has 6 heteroatoms. The van der Waals surface area contributed by atoms with Gasteiger partial charge in [0.05, 0.1) is 13.2 Å². The van der Waals surface area contributed by atoms with E-state index < -0.39 is 0 Å². The van der Waals surface area contributed by atoms with Gasteiger partial charge >= 0.3 is 0 Å². The summed E-state index contributed by atoms with van der Waals surface area (Å²) in [5, 5.41) is 0. The van der Waals surface area contributed by atoms with Crippen molar-refractivity contribution in [2.24, 2.45) is 5.84 Å². The minimum atomic E-state index is -0.117. The quantitative estimate of drug-likeness (QED) is 0.476. The Morgan fingerprint density at radius 1 is 1.26 bits per heavy atom. The van der Waals surface area contributed by atoms with E-state index in [2.05, 4.69) is 27.5 Å². The van der Waals surface area contributed by atoms with E-state index in [4.69, 9.17) is 10.6 Å². The predicted octanol–water partition coefficient (Wildman–Crippen LogP) is 1.78. The fourth-order valence-corrected chi connectivity index (χ4v) is 2.60. The molecule has 1 aromatic heterocycles. The first-order valence-corrected chi connectivity index (χ1v) is 6.82. The summed E-state index contributed by atoms with van der Waals surface area (Å²) in [7, 11) is 1.57. The average Bonchev–Trinajstić information content (AvgIpc) is 2.49. The second kappa shape index (κ2) is 7.08. The summed E-state index contributed by atoms with van der Waals surface area (Å²) in [6.45, 7) is 0. The molecule has 1 unspecified atom stereocenters. The van der Waals surface area contributed by atoms with Gasteiger partial charge in [-0.25, -0.2) is 4.98 Å². The van der Waals surface area contributed by atoms with Crippen LogP contribution in [0, 0.1) is 0 Å². The molecule has 5 nitrogen and oxygen atoms in total. The van der Waals surface area contributed by atoms with E-state index >= 15 is 0 Å². The van der Waals surface area contributed by atoms with Crippen LogP contribution in [0.5, 0.6) is 5.88 Å². The molecule has 0 spiro atoms. The summed E-state index contributed by atoms with van der Waals surface area (Å²) in [5.41, 5.74) is 3.48. The van der Waals surface area contributed by atoms with E-state index in [0.29, 0.717) is 5.88 Å². The van der Waals surface area contributed by atoms with Crippen LogP contribution in [0.4, 0.5) is 0 Å². The molecule has 0 aliphatic heterocycles. The lowest BCUT2D eigenvalue weighted by molar-refractivity contribution is 0.381. The van der Waals surface area contributed by atoms with Crippen molar-refractivity contribution in [3.8, 4) is 5.88 Å². The molecular weight excluding hydrogens is 260 g/mol. The summed E-state index contributed by atoms with van der Waals surface area (Å²) in [6.07, 6.45) is 3.23. The molecule has 1 atom stereocenters. The second-order valence-electron chi connectivity index (χ2n) is 3.79. The van der Waals surface area contributed by atoms with Crippen LogP contribution in [0.15, 0.2) is 47.6 Å². The molecule has 0 aliphatic rings. The molecule has 1 aromatic carbocycles. The van der Waals surface area contributed by atoms with Crippen molar-refractivity contribution >= 4 is 11.8 Å². The number of rotatable bonds is 6. The van der Waals surface area contributed by atoms with Crippen LogP contribution in [-0.2, 0) is 0 Å². The molecule has 0 saturated carbocycles. The average molecular weight is 276 g/mol. The van der Waals surface area contributed by atoms with Crippen molar-refractivity contribution in [1.29, 1.82) is 0 Å². The topological polar surface area (TPSA) is 73.1 Å². The van der Waals surface area contributed by atoms with Gasteiger partial charge in [-0.3, -0.25) is 16.3 Å². The third kappa shape index (κ3) is 3.66. The molecule has 19 heavy (non-hydrogen) atoms. The molecule has 0 radical (unpaired) electrons. The summed E-state index contributed by atoms with van der Waals surface area (Å²) < 4.78 is 5.20. The normalized spacial score (nSPS) is 12.1. The molecule has 2 aromatic rings. The van der Waals surface area contributed by atoms with Crippen LogP contribution < -0.4 is 16.0 Å². The Kier molecular flexibility index (Phi) is 5.14. The van der Waals surface area contributed by atoms with Crippen LogP contribution in [0.25, 0.3) is 0 Å². The number of thioether (sulfide) groups is 1. The number of hydrogen-bond donors (Lipinski definition) is 2. The van der Waals surface area contributed by atoms with Crippen molar-refractivity contribution in [3.63, 3.8) is 0 Å². The predicted molar refractivity (Wildman–Crippen MR) is 75.8 cm³/mol. The standard InChI is InChI=1S/C13H16N4OS/c1-18-13-12(15-7-8-16-13)11(17-14)9-19-10-5-3-2-4-6-10/h2-8,11,17H,9,14H2,1H3. The molecular formula is C13H16N4OS. The lowest BCUT2D eigenvalue weighted by Gasteiger charge is -2.16. The highest BCUT2D eigenvalue weighted by molar-refractivity contribution is 7.99. The molecule has 0 aliphatic carbocycles. The minimum Gasteiger partial charge on any atom is -0.480 e. The summed E-state index contributed by atoms with van der Waals surface area (Å²) in [6, 6.07) is 10.0. The van der Waals surface area contributed by atoms with E-state index in [-0.39, 0.29) is 6.04 Å². The third-order valence-corrected chi connectivity index (χ3v) is 3.68. The minimum absolute atomic E-state index is 0.117. The zero-order valence-electron chi connectivity index (χ0n) is 10.6. The Labute approximate surface area is 116 Å². The Balaban J connectivity index is 2.08. The van der Waals surface area contributed by atoms with Crippen molar-refractivity contribution in [2.45, 2.75) is 10.9 Å². The van der Waals surface area contributed by atoms with E-state index in [1.165, 1.54) is 4.90 Å². The molecule has 3 N–H and O–H groups in total. The van der Waals surface area contributed by atoms with Gasteiger partial charge in [0, 0.05) is 23.0 Å². The van der Waals surface area contributed by atoms with Gasteiger partial charge in [-0.05, 0) is 12.1 Å². The zero-order chi connectivity index (χ0) is 13.5. The summed E-state index contributed by atoms with van der Waals surface area (Å²) >= 11 is 1.70. The molecule has 0 fully saturated rings. The molecule has 0 amide bonds. The first-order chi connectivity index (χ1) is 9.35. The largest absolute Gasteiger partial charge is 0.480 e. The number of nitrogens with one attached hydrogen (secondary N) is 1. The van der Waals surface area contributed by atoms with E-state index in [1.54, 1.807) is 31.3 Å². The first-order valence-electron chi connectivity index (χ1n) is 5.84. The Morgan fingerprint density at radius 3 is 2.68 bits per heavy atom. The van der Waals surface area contributed by atoms with Gasteiger partial charge in [0.25, 0.3) is 0 Å². The molecule has 1 heterocycles. The fourth-order valence-electron chi connectivity index (χ4n) is 1.63. The van der Waals surface area contributed by atoms with Crippen LogP contribution in [-0.4, -0.2) is 22.8 Å². The van der Waals surface area contributed by atoms with Crippen LogP contribution >= 0.6 is 11.8 Å². The first kappa shape index (κ1) is 13.8. The Bertz CT molecular complexity index is 509. The van der Waals surface area contributed by atoms with Gasteiger partial charge in [0.15, 0.2) is 0 Å². The van der Waals surface area contributed by atoms with Gasteiger partial charge in [-0.1, -0.05) is 18.2 Å². The number of aromatic nitrogens is 2. The van der Waals surface area contributed by atoms with E-state index in [0.717, 1.165) is 11.4 Å². The highest BCUT2D eigenvalue weighted by atomic mass is 32.2. The van der Waals surface area contributed by atoms with Gasteiger partial charge in [0.1, 0.15) is 5.69 Å². The van der Waals surface area contributed by atoms with Crippen LogP contribution in [0.1, 0.15) is 11.7 Å². The Morgan fingerprint density at radius 2 is 2.00 bits per heavy atom. The van der Waals surface area contributed by atoms with Crippen molar-refractivity contribution < 1.29 is 4.74 Å². The lowest BCUT2D eigenvalue weighted by Crippen LogP contribution is -2.30. The number of nitrogens with zero attached hydrogens (tertiary/aromatic N) is 2. The Hall–Kier alpha value is -1.63. The smallest absolute Gasteiger partial charge is 0.237 e. The summed E-state index contributed by atoms with van der Waals surface area (Å²) in [4.78, 5) is 9.61.